The van der Waals surface area contributed by atoms with Crippen LogP contribution >= 0.6 is 0 Å². The number of nitrogens with two attached hydrogens (primary N) is 1. The van der Waals surface area contributed by atoms with Crippen molar-refractivity contribution in [2.24, 2.45) is 10.7 Å². The number of hydrogen-bond acceptors (Lipinski definition) is 5. The third-order valence-corrected chi connectivity index (χ3v) is 3.93. The molecule has 132 valence electrons. The fourth-order valence-corrected chi connectivity index (χ4v) is 2.77. The van der Waals surface area contributed by atoms with Crippen molar-refractivity contribution >= 4 is 5.84 Å². The quantitative estimate of drug-likeness (QED) is 0.245. The van der Waals surface area contributed by atoms with Crippen LogP contribution in [0.15, 0.2) is 29.3 Å². The standard InChI is InChI=1S/C17H26N4O3/c18-17(14-21(22)23)19-8-5-11-24-16-7-4-6-15(12-16)13-20-9-2-1-3-10-20/h4,6-7,12H,1-3,5,8-11,13-14H2,(H2,18,19). The minimum Gasteiger partial charge on any atom is -0.494 e. The van der Waals surface area contributed by atoms with Crippen LogP contribution in [0.3, 0.4) is 0 Å². The van der Waals surface area contributed by atoms with E-state index in [1.165, 1.54) is 37.9 Å². The molecule has 2 rings (SSSR count). The van der Waals surface area contributed by atoms with Gasteiger partial charge in [-0.3, -0.25) is 20.0 Å². The summed E-state index contributed by atoms with van der Waals surface area (Å²) < 4.78 is 5.74. The van der Waals surface area contributed by atoms with Gasteiger partial charge in [-0.2, -0.15) is 0 Å². The van der Waals surface area contributed by atoms with E-state index in [1.807, 2.05) is 12.1 Å². The molecule has 7 heteroatoms. The maximum atomic E-state index is 10.3. The lowest BCUT2D eigenvalue weighted by Gasteiger charge is -2.26. The molecule has 24 heavy (non-hydrogen) atoms. The van der Waals surface area contributed by atoms with Crippen molar-refractivity contribution in [3.8, 4) is 5.75 Å². The summed E-state index contributed by atoms with van der Waals surface area (Å²) in [7, 11) is 0. The van der Waals surface area contributed by atoms with E-state index in [2.05, 4.69) is 22.0 Å². The predicted molar refractivity (Wildman–Crippen MR) is 94.0 cm³/mol. The second kappa shape index (κ2) is 9.87. The minimum absolute atomic E-state index is 0.0588. The van der Waals surface area contributed by atoms with Crippen LogP contribution in [0.2, 0.25) is 0 Å². The Labute approximate surface area is 142 Å². The lowest BCUT2D eigenvalue weighted by Crippen LogP contribution is -2.29. The monoisotopic (exact) mass is 334 g/mol. The number of benzene rings is 1. The minimum atomic E-state index is -0.483. The molecule has 0 aliphatic carbocycles. The molecule has 2 N–H and O–H groups in total. The summed E-state index contributed by atoms with van der Waals surface area (Å²) in [5, 5.41) is 10.3. The van der Waals surface area contributed by atoms with Crippen molar-refractivity contribution < 1.29 is 9.66 Å². The maximum absolute atomic E-state index is 10.3. The van der Waals surface area contributed by atoms with Crippen molar-refractivity contribution in [1.29, 1.82) is 0 Å². The molecule has 1 aliphatic rings. The second-order valence-electron chi connectivity index (χ2n) is 6.05. The Morgan fingerprint density at radius 3 is 2.88 bits per heavy atom. The van der Waals surface area contributed by atoms with E-state index in [-0.39, 0.29) is 5.84 Å². The number of amidine groups is 1. The predicted octanol–water partition coefficient (Wildman–Crippen LogP) is 2.08. The highest BCUT2D eigenvalue weighted by Gasteiger charge is 2.10. The van der Waals surface area contributed by atoms with Gasteiger partial charge in [-0.15, -0.1) is 0 Å². The SMILES string of the molecule is NC(C[N+](=O)[O-])=NCCCOc1cccc(CN2CCCCC2)c1. The van der Waals surface area contributed by atoms with Crippen molar-refractivity contribution in [3.05, 3.63) is 39.9 Å². The summed E-state index contributed by atoms with van der Waals surface area (Å²) in [6.45, 7) is 3.87. The number of nitro groups is 1. The third kappa shape index (κ3) is 6.95. The summed E-state index contributed by atoms with van der Waals surface area (Å²) in [5.74, 6) is 0.912. The van der Waals surface area contributed by atoms with Gasteiger partial charge in [0.15, 0.2) is 5.84 Å². The van der Waals surface area contributed by atoms with Crippen LogP contribution in [0.5, 0.6) is 5.75 Å². The fraction of sp³-hybridized carbons (Fsp3) is 0.588. The van der Waals surface area contributed by atoms with Gasteiger partial charge in [-0.1, -0.05) is 18.6 Å². The van der Waals surface area contributed by atoms with E-state index < -0.39 is 11.5 Å². The highest BCUT2D eigenvalue weighted by atomic mass is 16.6. The smallest absolute Gasteiger partial charge is 0.259 e. The molecule has 1 aliphatic heterocycles. The molecular weight excluding hydrogens is 308 g/mol. The van der Waals surface area contributed by atoms with Crippen LogP contribution in [0, 0.1) is 10.1 Å². The first-order valence-corrected chi connectivity index (χ1v) is 8.48. The summed E-state index contributed by atoms with van der Waals surface area (Å²) in [6, 6.07) is 8.18. The molecule has 0 spiro atoms. The first kappa shape index (κ1) is 18.2. The molecular formula is C17H26N4O3. The van der Waals surface area contributed by atoms with Crippen LogP contribution in [-0.4, -0.2) is 48.4 Å². The largest absolute Gasteiger partial charge is 0.494 e. The Morgan fingerprint density at radius 1 is 1.33 bits per heavy atom. The van der Waals surface area contributed by atoms with Crippen molar-refractivity contribution in [2.75, 3.05) is 32.8 Å². The molecule has 1 aromatic carbocycles. The zero-order valence-corrected chi connectivity index (χ0v) is 14.0. The van der Waals surface area contributed by atoms with Gasteiger partial charge in [0.2, 0.25) is 0 Å². The summed E-state index contributed by atoms with van der Waals surface area (Å²) in [5.41, 5.74) is 6.71. The molecule has 0 radical (unpaired) electrons. The average molecular weight is 334 g/mol. The number of nitrogens with zero attached hydrogens (tertiary/aromatic N) is 3. The topological polar surface area (TPSA) is 94.0 Å². The molecule has 0 saturated carbocycles. The number of likely N-dealkylation sites (tertiary alicyclic amines) is 1. The Hall–Kier alpha value is -2.15. The van der Waals surface area contributed by atoms with Gasteiger partial charge in [0.1, 0.15) is 5.75 Å². The average Bonchev–Trinajstić information content (AvgIpc) is 2.55. The number of piperidine rings is 1. The molecule has 0 amide bonds. The molecule has 1 heterocycles. The van der Waals surface area contributed by atoms with E-state index in [0.717, 1.165) is 12.3 Å². The van der Waals surface area contributed by atoms with Crippen LogP contribution < -0.4 is 10.5 Å². The Bertz CT molecular complexity index is 557. The Balaban J connectivity index is 1.71. The second-order valence-corrected chi connectivity index (χ2v) is 6.05. The zero-order chi connectivity index (χ0) is 17.2. The highest BCUT2D eigenvalue weighted by Crippen LogP contribution is 2.17. The molecule has 1 fully saturated rings. The van der Waals surface area contributed by atoms with Crippen LogP contribution in [0.25, 0.3) is 0 Å². The van der Waals surface area contributed by atoms with Crippen LogP contribution in [0.4, 0.5) is 0 Å². The molecule has 0 aromatic heterocycles. The van der Waals surface area contributed by atoms with Crippen molar-refractivity contribution in [2.45, 2.75) is 32.2 Å². The van der Waals surface area contributed by atoms with E-state index in [0.29, 0.717) is 19.6 Å². The first-order chi connectivity index (χ1) is 11.6. The highest BCUT2D eigenvalue weighted by molar-refractivity contribution is 5.81. The van der Waals surface area contributed by atoms with Gasteiger partial charge in [-0.05, 0) is 43.6 Å². The van der Waals surface area contributed by atoms with Gasteiger partial charge >= 0.3 is 0 Å². The molecule has 0 atom stereocenters. The summed E-state index contributed by atoms with van der Waals surface area (Å²) >= 11 is 0. The molecule has 1 aromatic rings. The maximum Gasteiger partial charge on any atom is 0.259 e. The lowest BCUT2D eigenvalue weighted by atomic mass is 10.1. The van der Waals surface area contributed by atoms with E-state index >= 15 is 0 Å². The van der Waals surface area contributed by atoms with E-state index in [9.17, 15) is 10.1 Å². The molecule has 7 nitrogen and oxygen atoms in total. The lowest BCUT2D eigenvalue weighted by molar-refractivity contribution is -0.463. The summed E-state index contributed by atoms with van der Waals surface area (Å²) in [4.78, 5) is 16.2. The van der Waals surface area contributed by atoms with Gasteiger partial charge in [0, 0.05) is 24.4 Å². The number of aliphatic imine (C=N–C) groups is 1. The van der Waals surface area contributed by atoms with Gasteiger partial charge in [0.05, 0.1) is 6.61 Å². The van der Waals surface area contributed by atoms with Crippen molar-refractivity contribution in [1.82, 2.24) is 4.90 Å². The first-order valence-electron chi connectivity index (χ1n) is 8.48. The number of rotatable bonds is 9. The summed E-state index contributed by atoms with van der Waals surface area (Å²) in [6.07, 6.45) is 4.59. The van der Waals surface area contributed by atoms with Crippen molar-refractivity contribution in [3.63, 3.8) is 0 Å². The van der Waals surface area contributed by atoms with E-state index in [4.69, 9.17) is 10.5 Å². The molecule has 0 bridgehead atoms. The Kier molecular flexibility index (Phi) is 7.48. The van der Waals surface area contributed by atoms with Gasteiger partial charge < -0.3 is 10.5 Å². The van der Waals surface area contributed by atoms with Gasteiger partial charge in [-0.25, -0.2) is 0 Å². The molecule has 1 saturated heterocycles. The third-order valence-electron chi connectivity index (χ3n) is 3.93. The number of hydrogen-bond donors (Lipinski definition) is 1. The van der Waals surface area contributed by atoms with Crippen LogP contribution in [-0.2, 0) is 6.54 Å². The zero-order valence-electron chi connectivity index (χ0n) is 14.0. The molecule has 0 unspecified atom stereocenters. The Morgan fingerprint density at radius 2 is 2.12 bits per heavy atom. The number of ether oxygens (including phenoxy) is 1. The normalized spacial score (nSPS) is 16.1. The fourth-order valence-electron chi connectivity index (χ4n) is 2.77. The van der Waals surface area contributed by atoms with Crippen LogP contribution in [0.1, 0.15) is 31.2 Å². The van der Waals surface area contributed by atoms with E-state index in [1.54, 1.807) is 0 Å². The van der Waals surface area contributed by atoms with Gasteiger partial charge in [0.25, 0.3) is 6.54 Å².